The minimum Gasteiger partial charge on any atom is -0.478 e. The van der Waals surface area contributed by atoms with E-state index in [0.717, 1.165) is 11.8 Å². The van der Waals surface area contributed by atoms with Crippen molar-refractivity contribution in [1.29, 1.82) is 0 Å². The smallest absolute Gasteiger partial charge is 0.337 e. The molecule has 2 aromatic heterocycles. The largest absolute Gasteiger partial charge is 0.478 e. The predicted octanol–water partition coefficient (Wildman–Crippen LogP) is 3.85. The molecule has 0 fully saturated rings. The monoisotopic (exact) mass is 517 g/mol. The number of fused-ring (bicyclic) bond motifs is 1. The standard InChI is InChI=1S/C26H23N5O5S/c1-15(2)31-14-27-29-24(31)21-5-4-6-23(28-21)30-13-18-8-7-16(11-20(18)25(30)32)17-9-10-19(26(33)34)22(12-17)37(3,35)36/h4-12,14-15H,13H2,1-3H3,(H,33,34). The Bertz CT molecular complexity index is 1680. The maximum atomic E-state index is 13.4. The van der Waals surface area contributed by atoms with E-state index in [1.165, 1.54) is 18.2 Å². The van der Waals surface area contributed by atoms with Gasteiger partial charge in [-0.25, -0.2) is 18.2 Å². The van der Waals surface area contributed by atoms with Gasteiger partial charge in [-0.15, -0.1) is 10.2 Å². The van der Waals surface area contributed by atoms with E-state index in [2.05, 4.69) is 15.2 Å². The molecule has 0 saturated carbocycles. The highest BCUT2D eigenvalue weighted by Gasteiger charge is 2.30. The lowest BCUT2D eigenvalue weighted by Crippen LogP contribution is -2.24. The molecular formula is C26H23N5O5S. The van der Waals surface area contributed by atoms with Crippen LogP contribution in [-0.2, 0) is 16.4 Å². The molecule has 0 aliphatic carbocycles. The van der Waals surface area contributed by atoms with Crippen LogP contribution < -0.4 is 4.90 Å². The van der Waals surface area contributed by atoms with Gasteiger partial charge in [-0.05, 0) is 60.9 Å². The van der Waals surface area contributed by atoms with Gasteiger partial charge in [0.2, 0.25) is 0 Å². The Morgan fingerprint density at radius 2 is 1.78 bits per heavy atom. The highest BCUT2D eigenvalue weighted by molar-refractivity contribution is 7.90. The molecule has 0 unspecified atom stereocenters. The number of nitrogens with zero attached hydrogens (tertiary/aromatic N) is 5. The molecule has 11 heteroatoms. The van der Waals surface area contributed by atoms with Crippen LogP contribution in [0.4, 0.5) is 5.82 Å². The molecule has 5 rings (SSSR count). The van der Waals surface area contributed by atoms with Crippen molar-refractivity contribution in [2.45, 2.75) is 31.3 Å². The number of aromatic carboxylic acids is 1. The van der Waals surface area contributed by atoms with Crippen LogP contribution in [-0.4, -0.2) is 51.4 Å². The Morgan fingerprint density at radius 3 is 2.49 bits per heavy atom. The molecule has 3 heterocycles. The maximum absolute atomic E-state index is 13.4. The van der Waals surface area contributed by atoms with E-state index in [-0.39, 0.29) is 22.4 Å². The lowest BCUT2D eigenvalue weighted by Gasteiger charge is -2.16. The van der Waals surface area contributed by atoms with Gasteiger partial charge >= 0.3 is 5.97 Å². The van der Waals surface area contributed by atoms with E-state index in [9.17, 15) is 23.1 Å². The first-order valence-corrected chi connectivity index (χ1v) is 13.3. The van der Waals surface area contributed by atoms with Gasteiger partial charge in [-0.2, -0.15) is 0 Å². The normalized spacial score (nSPS) is 13.3. The van der Waals surface area contributed by atoms with Gasteiger partial charge in [-0.3, -0.25) is 9.69 Å². The van der Waals surface area contributed by atoms with Crippen molar-refractivity contribution >= 4 is 27.5 Å². The second kappa shape index (κ2) is 8.93. The van der Waals surface area contributed by atoms with Crippen molar-refractivity contribution in [3.8, 4) is 22.6 Å². The number of sulfone groups is 1. The van der Waals surface area contributed by atoms with Gasteiger partial charge in [-0.1, -0.05) is 24.3 Å². The Kier molecular flexibility index (Phi) is 5.87. The third kappa shape index (κ3) is 4.38. The van der Waals surface area contributed by atoms with Gasteiger partial charge in [0, 0.05) is 17.9 Å². The Balaban J connectivity index is 1.49. The van der Waals surface area contributed by atoms with Crippen LogP contribution in [0.2, 0.25) is 0 Å². The fraction of sp³-hybridized carbons (Fsp3) is 0.192. The van der Waals surface area contributed by atoms with Crippen LogP contribution in [0.1, 0.15) is 46.2 Å². The minimum atomic E-state index is -3.78. The zero-order valence-electron chi connectivity index (χ0n) is 20.3. The van der Waals surface area contributed by atoms with E-state index < -0.39 is 15.8 Å². The summed E-state index contributed by atoms with van der Waals surface area (Å²) >= 11 is 0. The van der Waals surface area contributed by atoms with E-state index in [0.29, 0.717) is 40.6 Å². The number of carbonyl (C=O) groups is 2. The van der Waals surface area contributed by atoms with Crippen molar-refractivity contribution in [2.24, 2.45) is 0 Å². The summed E-state index contributed by atoms with van der Waals surface area (Å²) < 4.78 is 26.3. The maximum Gasteiger partial charge on any atom is 0.337 e. The van der Waals surface area contributed by atoms with Crippen molar-refractivity contribution in [2.75, 3.05) is 11.2 Å². The van der Waals surface area contributed by atoms with Crippen LogP contribution in [0.25, 0.3) is 22.6 Å². The number of carboxylic acids is 1. The number of carbonyl (C=O) groups excluding carboxylic acids is 1. The van der Waals surface area contributed by atoms with Gasteiger partial charge in [0.25, 0.3) is 5.91 Å². The van der Waals surface area contributed by atoms with E-state index in [4.69, 9.17) is 0 Å². The van der Waals surface area contributed by atoms with E-state index in [1.807, 2.05) is 36.6 Å². The van der Waals surface area contributed by atoms with Crippen molar-refractivity contribution in [1.82, 2.24) is 19.7 Å². The first-order valence-electron chi connectivity index (χ1n) is 11.4. The zero-order chi connectivity index (χ0) is 26.5. The summed E-state index contributed by atoms with van der Waals surface area (Å²) in [5.41, 5.74) is 2.67. The van der Waals surface area contributed by atoms with Gasteiger partial charge in [0.05, 0.1) is 17.0 Å². The molecule has 188 valence electrons. The number of pyridine rings is 1. The summed E-state index contributed by atoms with van der Waals surface area (Å²) in [6.45, 7) is 4.36. The molecule has 0 bridgehead atoms. The molecule has 10 nitrogen and oxygen atoms in total. The lowest BCUT2D eigenvalue weighted by atomic mass is 9.99. The first-order chi connectivity index (χ1) is 17.5. The molecule has 4 aromatic rings. The second-order valence-electron chi connectivity index (χ2n) is 9.09. The van der Waals surface area contributed by atoms with Crippen LogP contribution >= 0.6 is 0 Å². The van der Waals surface area contributed by atoms with Crippen molar-refractivity contribution < 1.29 is 23.1 Å². The number of amides is 1. The number of rotatable bonds is 6. The van der Waals surface area contributed by atoms with Gasteiger partial charge in [0.15, 0.2) is 15.7 Å². The van der Waals surface area contributed by atoms with Crippen LogP contribution in [0.5, 0.6) is 0 Å². The molecule has 1 aliphatic rings. The molecule has 0 saturated heterocycles. The van der Waals surface area contributed by atoms with Crippen LogP contribution in [0.15, 0.2) is 65.8 Å². The highest BCUT2D eigenvalue weighted by Crippen LogP contribution is 2.33. The number of hydrogen-bond donors (Lipinski definition) is 1. The van der Waals surface area contributed by atoms with Crippen LogP contribution in [0, 0.1) is 0 Å². The summed E-state index contributed by atoms with van der Waals surface area (Å²) in [7, 11) is -3.78. The Hall–Kier alpha value is -4.38. The lowest BCUT2D eigenvalue weighted by molar-refractivity contribution is 0.0692. The summed E-state index contributed by atoms with van der Waals surface area (Å²) in [5, 5.41) is 17.6. The first kappa shape index (κ1) is 24.3. The second-order valence-corrected chi connectivity index (χ2v) is 11.1. The van der Waals surface area contributed by atoms with Gasteiger partial charge < -0.3 is 9.67 Å². The molecule has 37 heavy (non-hydrogen) atoms. The molecular weight excluding hydrogens is 494 g/mol. The van der Waals surface area contributed by atoms with Crippen molar-refractivity contribution in [3.63, 3.8) is 0 Å². The molecule has 0 atom stereocenters. The summed E-state index contributed by atoms with van der Waals surface area (Å²) in [6.07, 6.45) is 2.61. The predicted molar refractivity (Wildman–Crippen MR) is 136 cm³/mol. The van der Waals surface area contributed by atoms with E-state index >= 15 is 0 Å². The summed E-state index contributed by atoms with van der Waals surface area (Å²) in [5.74, 6) is -0.482. The molecule has 1 aliphatic heterocycles. The van der Waals surface area contributed by atoms with Crippen molar-refractivity contribution in [3.05, 3.63) is 77.6 Å². The quantitative estimate of drug-likeness (QED) is 0.407. The molecule has 2 aromatic carbocycles. The number of anilines is 1. The SMILES string of the molecule is CC(C)n1cnnc1-c1cccc(N2Cc3ccc(-c4ccc(C(=O)O)c(S(C)(=O)=O)c4)cc3C2=O)n1. The third-order valence-electron chi connectivity index (χ3n) is 6.23. The number of hydrogen-bond acceptors (Lipinski definition) is 7. The zero-order valence-corrected chi connectivity index (χ0v) is 21.1. The topological polar surface area (TPSA) is 135 Å². The average molecular weight is 518 g/mol. The Labute approximate surface area is 213 Å². The fourth-order valence-corrected chi connectivity index (χ4v) is 5.25. The number of carboxylic acid groups (broad SMARTS) is 1. The fourth-order valence-electron chi connectivity index (χ4n) is 4.35. The van der Waals surface area contributed by atoms with Crippen LogP contribution in [0.3, 0.4) is 0 Å². The summed E-state index contributed by atoms with van der Waals surface area (Å²) in [6, 6.07) is 14.9. The molecule has 0 spiro atoms. The van der Waals surface area contributed by atoms with Gasteiger partial charge in [0.1, 0.15) is 17.8 Å². The molecule has 1 amide bonds. The summed E-state index contributed by atoms with van der Waals surface area (Å²) in [4.78, 5) is 30.9. The number of aromatic nitrogens is 4. The molecule has 0 radical (unpaired) electrons. The third-order valence-corrected chi connectivity index (χ3v) is 7.36. The number of benzene rings is 2. The molecule has 1 N–H and O–H groups in total. The average Bonchev–Trinajstić information content (AvgIpc) is 3.48. The highest BCUT2D eigenvalue weighted by atomic mass is 32.2. The van der Waals surface area contributed by atoms with E-state index in [1.54, 1.807) is 29.4 Å². The Morgan fingerprint density at radius 1 is 1.05 bits per heavy atom. The minimum absolute atomic E-state index is 0.138.